The molecule has 0 bridgehead atoms. The average Bonchev–Trinajstić information content (AvgIpc) is 2.25. The smallest absolute Gasteiger partial charge is 0.354 e. The summed E-state index contributed by atoms with van der Waals surface area (Å²) in [5, 5.41) is 2.28. The Kier molecular flexibility index (Phi) is 4.19. The Bertz CT molecular complexity index is 310. The lowest BCUT2D eigenvalue weighted by Gasteiger charge is -2.27. The van der Waals surface area contributed by atoms with Gasteiger partial charge in [-0.3, -0.25) is 4.79 Å². The minimum Gasteiger partial charge on any atom is -0.354 e. The van der Waals surface area contributed by atoms with Crippen LogP contribution in [0.4, 0.5) is 13.2 Å². The Labute approximate surface area is 98.2 Å². The van der Waals surface area contributed by atoms with Crippen molar-refractivity contribution in [3.63, 3.8) is 0 Å². The Morgan fingerprint density at radius 1 is 1.47 bits per heavy atom. The number of carbonyl (C=O) groups is 1. The summed E-state index contributed by atoms with van der Waals surface area (Å²) < 4.78 is 37.4. The van der Waals surface area contributed by atoms with Gasteiger partial charge in [0.05, 0.1) is 0 Å². The fourth-order valence-electron chi connectivity index (χ4n) is 1.59. The summed E-state index contributed by atoms with van der Waals surface area (Å²) in [6.07, 6.45) is 1.84. The average molecular weight is 250 g/mol. The van der Waals surface area contributed by atoms with Gasteiger partial charge in [-0.25, -0.2) is 0 Å². The molecular weight excluding hydrogens is 233 g/mol. The molecule has 0 spiro atoms. The zero-order valence-electron chi connectivity index (χ0n) is 9.68. The van der Waals surface area contributed by atoms with Crippen LogP contribution in [0.2, 0.25) is 0 Å². The minimum absolute atomic E-state index is 0.202. The van der Waals surface area contributed by atoms with Crippen molar-refractivity contribution in [2.45, 2.75) is 37.9 Å². The van der Waals surface area contributed by atoms with Crippen molar-refractivity contribution in [1.82, 2.24) is 5.32 Å². The second kappa shape index (κ2) is 5.08. The van der Waals surface area contributed by atoms with E-state index in [1.165, 1.54) is 0 Å². The first kappa shape index (κ1) is 14.0. The van der Waals surface area contributed by atoms with E-state index in [0.29, 0.717) is 6.92 Å². The molecule has 98 valence electrons. The summed E-state index contributed by atoms with van der Waals surface area (Å²) in [6, 6.07) is 0. The quantitative estimate of drug-likeness (QED) is 0.750. The fraction of sp³-hybridized carbons (Fsp3) is 0.727. The molecule has 3 N–H and O–H groups in total. The highest BCUT2D eigenvalue weighted by molar-refractivity contribution is 5.86. The van der Waals surface area contributed by atoms with Gasteiger partial charge in [-0.05, 0) is 32.1 Å². The molecule has 0 aliphatic heterocycles. The van der Waals surface area contributed by atoms with Gasteiger partial charge in [-0.1, -0.05) is 12.2 Å². The highest BCUT2D eigenvalue weighted by Gasteiger charge is 2.53. The first-order valence-electron chi connectivity index (χ1n) is 5.54. The molecule has 3 nitrogen and oxygen atoms in total. The van der Waals surface area contributed by atoms with Gasteiger partial charge in [0.25, 0.3) is 0 Å². The van der Waals surface area contributed by atoms with Crippen molar-refractivity contribution in [1.29, 1.82) is 0 Å². The molecule has 1 aliphatic carbocycles. The molecule has 17 heavy (non-hydrogen) atoms. The Morgan fingerprint density at radius 2 is 2.12 bits per heavy atom. The second-order valence-electron chi connectivity index (χ2n) is 4.56. The van der Waals surface area contributed by atoms with Crippen LogP contribution in [0.25, 0.3) is 0 Å². The summed E-state index contributed by atoms with van der Waals surface area (Å²) in [7, 11) is 0. The Morgan fingerprint density at radius 3 is 2.59 bits per heavy atom. The van der Waals surface area contributed by atoms with Crippen molar-refractivity contribution in [2.75, 3.05) is 6.54 Å². The molecule has 0 aromatic rings. The number of nitrogens with two attached hydrogens (primary N) is 1. The van der Waals surface area contributed by atoms with Crippen molar-refractivity contribution >= 4 is 5.91 Å². The maximum atomic E-state index is 12.5. The van der Waals surface area contributed by atoms with E-state index in [0.717, 1.165) is 19.3 Å². The van der Waals surface area contributed by atoms with Crippen LogP contribution in [-0.4, -0.2) is 24.2 Å². The SMILES string of the molecule is CC(N)(C(=O)NCC1CC=CCC1)C(F)(F)F. The highest BCUT2D eigenvalue weighted by Crippen LogP contribution is 2.28. The van der Waals surface area contributed by atoms with Crippen LogP contribution in [-0.2, 0) is 4.79 Å². The molecule has 0 heterocycles. The molecule has 1 rings (SSSR count). The molecule has 2 atom stereocenters. The van der Waals surface area contributed by atoms with Gasteiger partial charge in [0.15, 0.2) is 5.54 Å². The van der Waals surface area contributed by atoms with E-state index in [1.54, 1.807) is 0 Å². The topological polar surface area (TPSA) is 55.1 Å². The van der Waals surface area contributed by atoms with Gasteiger partial charge in [0.2, 0.25) is 5.91 Å². The lowest BCUT2D eigenvalue weighted by molar-refractivity contribution is -0.187. The summed E-state index contributed by atoms with van der Waals surface area (Å²) in [6.45, 7) is 0.926. The number of halogens is 3. The highest BCUT2D eigenvalue weighted by atomic mass is 19.4. The number of hydrogen-bond donors (Lipinski definition) is 2. The maximum absolute atomic E-state index is 12.5. The van der Waals surface area contributed by atoms with Gasteiger partial charge in [-0.15, -0.1) is 0 Å². The molecule has 0 aromatic heterocycles. The van der Waals surface area contributed by atoms with Crippen molar-refractivity contribution in [2.24, 2.45) is 11.7 Å². The van der Waals surface area contributed by atoms with Crippen LogP contribution in [0.15, 0.2) is 12.2 Å². The predicted molar refractivity (Wildman–Crippen MR) is 58.1 cm³/mol. The molecule has 2 unspecified atom stereocenters. The van der Waals surface area contributed by atoms with Gasteiger partial charge < -0.3 is 11.1 Å². The number of allylic oxidation sites excluding steroid dienone is 2. The van der Waals surface area contributed by atoms with E-state index >= 15 is 0 Å². The Hall–Kier alpha value is -1.04. The van der Waals surface area contributed by atoms with Gasteiger partial charge in [0.1, 0.15) is 0 Å². The number of amides is 1. The lowest BCUT2D eigenvalue weighted by atomic mass is 9.94. The molecule has 0 aromatic carbocycles. The molecule has 1 aliphatic rings. The first-order chi connectivity index (χ1) is 7.75. The van der Waals surface area contributed by atoms with E-state index in [9.17, 15) is 18.0 Å². The second-order valence-corrected chi connectivity index (χ2v) is 4.56. The van der Waals surface area contributed by atoms with Crippen LogP contribution < -0.4 is 11.1 Å². The van der Waals surface area contributed by atoms with E-state index < -0.39 is 17.6 Å². The van der Waals surface area contributed by atoms with E-state index in [1.807, 2.05) is 12.2 Å². The summed E-state index contributed by atoms with van der Waals surface area (Å²) in [5.41, 5.74) is 2.18. The van der Waals surface area contributed by atoms with Crippen molar-refractivity contribution in [3.8, 4) is 0 Å². The van der Waals surface area contributed by atoms with Crippen LogP contribution in [0, 0.1) is 5.92 Å². The monoisotopic (exact) mass is 250 g/mol. The van der Waals surface area contributed by atoms with Crippen molar-refractivity contribution < 1.29 is 18.0 Å². The number of nitrogens with one attached hydrogen (secondary N) is 1. The van der Waals surface area contributed by atoms with Gasteiger partial charge in [-0.2, -0.15) is 13.2 Å². The Balaban J connectivity index is 2.46. The fourth-order valence-corrected chi connectivity index (χ4v) is 1.59. The van der Waals surface area contributed by atoms with E-state index in [2.05, 4.69) is 5.32 Å². The van der Waals surface area contributed by atoms with Gasteiger partial charge in [0, 0.05) is 6.54 Å². The molecule has 0 radical (unpaired) electrons. The molecular formula is C11H17F3N2O. The zero-order valence-corrected chi connectivity index (χ0v) is 9.68. The molecule has 0 fully saturated rings. The number of alkyl halides is 3. The van der Waals surface area contributed by atoms with Crippen LogP contribution in [0.1, 0.15) is 26.2 Å². The lowest BCUT2D eigenvalue weighted by Crippen LogP contribution is -2.61. The van der Waals surface area contributed by atoms with Crippen LogP contribution in [0.3, 0.4) is 0 Å². The molecule has 1 amide bonds. The molecule has 0 saturated heterocycles. The van der Waals surface area contributed by atoms with Gasteiger partial charge >= 0.3 is 6.18 Å². The van der Waals surface area contributed by atoms with E-state index in [4.69, 9.17) is 5.73 Å². The maximum Gasteiger partial charge on any atom is 0.415 e. The predicted octanol–water partition coefficient (Wildman–Crippen LogP) is 1.74. The number of rotatable bonds is 3. The van der Waals surface area contributed by atoms with Crippen LogP contribution >= 0.6 is 0 Å². The summed E-state index contributed by atoms with van der Waals surface area (Å²) >= 11 is 0. The number of hydrogen-bond acceptors (Lipinski definition) is 2. The molecule has 6 heteroatoms. The molecule has 0 saturated carbocycles. The summed E-state index contributed by atoms with van der Waals surface area (Å²) in [5.74, 6) is -0.965. The third-order valence-electron chi connectivity index (χ3n) is 2.99. The standard InChI is InChI=1S/C11H17F3N2O/c1-10(15,11(12,13)14)9(17)16-7-8-5-3-2-4-6-8/h2-3,8H,4-7,15H2,1H3,(H,16,17). The zero-order chi connectivity index (χ0) is 13.1. The third-order valence-corrected chi connectivity index (χ3v) is 2.99. The normalized spacial score (nSPS) is 24.2. The minimum atomic E-state index is -4.73. The van der Waals surface area contributed by atoms with Crippen LogP contribution in [0.5, 0.6) is 0 Å². The van der Waals surface area contributed by atoms with E-state index in [-0.39, 0.29) is 12.5 Å². The largest absolute Gasteiger partial charge is 0.415 e. The number of carbonyl (C=O) groups excluding carboxylic acids is 1. The summed E-state index contributed by atoms with van der Waals surface area (Å²) in [4.78, 5) is 11.4. The first-order valence-corrected chi connectivity index (χ1v) is 5.54. The van der Waals surface area contributed by atoms with Crippen molar-refractivity contribution in [3.05, 3.63) is 12.2 Å². The third kappa shape index (κ3) is 3.46.